The normalized spacial score (nSPS) is 19.3. The molecule has 1 unspecified atom stereocenters. The van der Waals surface area contributed by atoms with Gasteiger partial charge in [0.25, 0.3) is 0 Å². The molecule has 1 aliphatic rings. The number of fused-ring (bicyclic) bond motifs is 1. The molecular weight excluding hydrogens is 234 g/mol. The van der Waals surface area contributed by atoms with Crippen LogP contribution < -0.4 is 5.32 Å². The van der Waals surface area contributed by atoms with Gasteiger partial charge in [-0.2, -0.15) is 0 Å². The minimum Gasteiger partial charge on any atom is -0.379 e. The van der Waals surface area contributed by atoms with Gasteiger partial charge in [-0.25, -0.2) is 0 Å². The Kier molecular flexibility index (Phi) is 5.41. The number of ether oxygens (including phenoxy) is 1. The zero-order valence-electron chi connectivity index (χ0n) is 12.5. The number of benzene rings is 1. The molecule has 1 aromatic rings. The maximum atomic E-state index is 5.75. The van der Waals surface area contributed by atoms with Gasteiger partial charge >= 0.3 is 0 Å². The standard InChI is InChI=1S/C17H27NO/c1-4-8-18-17-12-19-9-7-15-6-5-14(10-13(2)3)11-16(15)17/h5-6,11,13,17-18H,4,7-10,12H2,1-3H3. The second-order valence-corrected chi connectivity index (χ2v) is 5.96. The first-order valence-electron chi connectivity index (χ1n) is 7.63. The van der Waals surface area contributed by atoms with Crippen molar-refractivity contribution in [2.45, 2.75) is 46.1 Å². The fourth-order valence-electron chi connectivity index (χ4n) is 2.76. The Labute approximate surface area is 117 Å². The van der Waals surface area contributed by atoms with Gasteiger partial charge in [0.1, 0.15) is 0 Å². The van der Waals surface area contributed by atoms with Crippen LogP contribution in [-0.2, 0) is 17.6 Å². The van der Waals surface area contributed by atoms with Crippen LogP contribution in [0.5, 0.6) is 0 Å². The van der Waals surface area contributed by atoms with Crippen LogP contribution in [0.2, 0.25) is 0 Å². The molecule has 1 aliphatic heterocycles. The Bertz CT molecular complexity index is 400. The highest BCUT2D eigenvalue weighted by atomic mass is 16.5. The van der Waals surface area contributed by atoms with E-state index in [-0.39, 0.29) is 0 Å². The van der Waals surface area contributed by atoms with E-state index in [1.54, 1.807) is 0 Å². The summed E-state index contributed by atoms with van der Waals surface area (Å²) in [5.74, 6) is 0.710. The molecule has 0 radical (unpaired) electrons. The molecule has 1 atom stereocenters. The van der Waals surface area contributed by atoms with E-state index < -0.39 is 0 Å². The molecule has 0 fully saturated rings. The van der Waals surface area contributed by atoms with Crippen LogP contribution in [0.4, 0.5) is 0 Å². The first-order chi connectivity index (χ1) is 9.20. The van der Waals surface area contributed by atoms with E-state index in [1.807, 2.05) is 0 Å². The second kappa shape index (κ2) is 7.06. The zero-order chi connectivity index (χ0) is 13.7. The highest BCUT2D eigenvalue weighted by Gasteiger charge is 2.18. The Hall–Kier alpha value is -0.860. The summed E-state index contributed by atoms with van der Waals surface area (Å²) in [5, 5.41) is 3.62. The predicted molar refractivity (Wildman–Crippen MR) is 80.5 cm³/mol. The van der Waals surface area contributed by atoms with Crippen molar-refractivity contribution in [2.24, 2.45) is 5.92 Å². The average molecular weight is 261 g/mol. The summed E-state index contributed by atoms with van der Waals surface area (Å²) >= 11 is 0. The van der Waals surface area contributed by atoms with Crippen molar-refractivity contribution in [2.75, 3.05) is 19.8 Å². The van der Waals surface area contributed by atoms with Crippen molar-refractivity contribution in [3.63, 3.8) is 0 Å². The molecule has 2 heteroatoms. The molecule has 0 spiro atoms. The topological polar surface area (TPSA) is 21.3 Å². The number of nitrogens with one attached hydrogen (secondary N) is 1. The van der Waals surface area contributed by atoms with Crippen molar-refractivity contribution in [3.8, 4) is 0 Å². The summed E-state index contributed by atoms with van der Waals surface area (Å²) in [6, 6.07) is 7.37. The van der Waals surface area contributed by atoms with Gasteiger partial charge in [0.05, 0.1) is 19.3 Å². The third-order valence-corrected chi connectivity index (χ3v) is 3.67. The molecule has 2 nitrogen and oxygen atoms in total. The van der Waals surface area contributed by atoms with Crippen molar-refractivity contribution in [3.05, 3.63) is 34.9 Å². The van der Waals surface area contributed by atoms with Crippen molar-refractivity contribution in [1.29, 1.82) is 0 Å². The van der Waals surface area contributed by atoms with Crippen LogP contribution in [0.3, 0.4) is 0 Å². The summed E-state index contributed by atoms with van der Waals surface area (Å²) in [6.45, 7) is 9.48. The van der Waals surface area contributed by atoms with E-state index in [4.69, 9.17) is 4.74 Å². The molecular formula is C17H27NO. The van der Waals surface area contributed by atoms with Crippen LogP contribution >= 0.6 is 0 Å². The van der Waals surface area contributed by atoms with E-state index in [1.165, 1.54) is 16.7 Å². The van der Waals surface area contributed by atoms with E-state index in [0.717, 1.165) is 39.0 Å². The third-order valence-electron chi connectivity index (χ3n) is 3.67. The SMILES string of the molecule is CCCNC1COCCc2ccc(CC(C)C)cc21. The molecule has 1 heterocycles. The fourth-order valence-corrected chi connectivity index (χ4v) is 2.76. The van der Waals surface area contributed by atoms with Crippen LogP contribution in [-0.4, -0.2) is 19.8 Å². The molecule has 0 amide bonds. The lowest BCUT2D eigenvalue weighted by Crippen LogP contribution is -2.26. The zero-order valence-corrected chi connectivity index (χ0v) is 12.5. The lowest BCUT2D eigenvalue weighted by atomic mass is 9.93. The number of hydrogen-bond acceptors (Lipinski definition) is 2. The van der Waals surface area contributed by atoms with Gasteiger partial charge in [-0.05, 0) is 48.4 Å². The lowest BCUT2D eigenvalue weighted by molar-refractivity contribution is 0.121. The van der Waals surface area contributed by atoms with Gasteiger partial charge < -0.3 is 10.1 Å². The molecule has 0 aromatic heterocycles. The van der Waals surface area contributed by atoms with Crippen LogP contribution in [0.25, 0.3) is 0 Å². The lowest BCUT2D eigenvalue weighted by Gasteiger charge is -2.20. The first-order valence-corrected chi connectivity index (χ1v) is 7.63. The van der Waals surface area contributed by atoms with Crippen LogP contribution in [0.1, 0.15) is 49.9 Å². The molecule has 0 bridgehead atoms. The molecule has 0 aliphatic carbocycles. The van der Waals surface area contributed by atoms with E-state index >= 15 is 0 Å². The van der Waals surface area contributed by atoms with Gasteiger partial charge in [0.15, 0.2) is 0 Å². The van der Waals surface area contributed by atoms with Gasteiger partial charge in [-0.1, -0.05) is 39.0 Å². The van der Waals surface area contributed by atoms with Crippen LogP contribution in [0, 0.1) is 5.92 Å². The number of hydrogen-bond donors (Lipinski definition) is 1. The Morgan fingerprint density at radius 1 is 1.37 bits per heavy atom. The highest BCUT2D eigenvalue weighted by molar-refractivity contribution is 5.35. The fraction of sp³-hybridized carbons (Fsp3) is 0.647. The Balaban J connectivity index is 2.22. The molecule has 2 rings (SSSR count). The van der Waals surface area contributed by atoms with Crippen molar-refractivity contribution in [1.82, 2.24) is 5.32 Å². The quantitative estimate of drug-likeness (QED) is 0.876. The largest absolute Gasteiger partial charge is 0.379 e. The third kappa shape index (κ3) is 4.05. The summed E-state index contributed by atoms with van der Waals surface area (Å²) in [7, 11) is 0. The van der Waals surface area contributed by atoms with Gasteiger partial charge in [0.2, 0.25) is 0 Å². The summed E-state index contributed by atoms with van der Waals surface area (Å²) < 4.78 is 5.75. The first kappa shape index (κ1) is 14.5. The highest BCUT2D eigenvalue weighted by Crippen LogP contribution is 2.25. The van der Waals surface area contributed by atoms with Gasteiger partial charge in [-0.3, -0.25) is 0 Å². The van der Waals surface area contributed by atoms with Crippen molar-refractivity contribution >= 4 is 0 Å². The summed E-state index contributed by atoms with van der Waals surface area (Å²) in [5.41, 5.74) is 4.38. The minimum atomic E-state index is 0.365. The average Bonchev–Trinajstić information content (AvgIpc) is 2.57. The molecule has 0 saturated carbocycles. The van der Waals surface area contributed by atoms with E-state index in [0.29, 0.717) is 12.0 Å². The van der Waals surface area contributed by atoms with E-state index in [9.17, 15) is 0 Å². The van der Waals surface area contributed by atoms with Crippen LogP contribution in [0.15, 0.2) is 18.2 Å². The maximum Gasteiger partial charge on any atom is 0.0661 e. The molecule has 19 heavy (non-hydrogen) atoms. The van der Waals surface area contributed by atoms with Crippen molar-refractivity contribution < 1.29 is 4.74 Å². The molecule has 0 saturated heterocycles. The smallest absolute Gasteiger partial charge is 0.0661 e. The Morgan fingerprint density at radius 2 is 2.21 bits per heavy atom. The molecule has 1 N–H and O–H groups in total. The van der Waals surface area contributed by atoms with Gasteiger partial charge in [-0.15, -0.1) is 0 Å². The monoisotopic (exact) mass is 261 g/mol. The van der Waals surface area contributed by atoms with E-state index in [2.05, 4.69) is 44.3 Å². The molecule has 1 aromatic carbocycles. The summed E-state index contributed by atoms with van der Waals surface area (Å²) in [6.07, 6.45) is 3.37. The molecule has 106 valence electrons. The Morgan fingerprint density at radius 3 is 2.95 bits per heavy atom. The summed E-state index contributed by atoms with van der Waals surface area (Å²) in [4.78, 5) is 0. The maximum absolute atomic E-state index is 5.75. The predicted octanol–water partition coefficient (Wildman–Crippen LogP) is 3.50. The van der Waals surface area contributed by atoms with Gasteiger partial charge in [0, 0.05) is 0 Å². The minimum absolute atomic E-state index is 0.365. The number of rotatable bonds is 5. The second-order valence-electron chi connectivity index (χ2n) is 5.96.